The lowest BCUT2D eigenvalue weighted by molar-refractivity contribution is 0.132. The van der Waals surface area contributed by atoms with E-state index in [1.807, 2.05) is 0 Å². The number of hydrogen-bond donors (Lipinski definition) is 1. The average Bonchev–Trinajstić information content (AvgIpc) is 2.10. The molecule has 3 nitrogen and oxygen atoms in total. The van der Waals surface area contributed by atoms with Gasteiger partial charge < -0.3 is 9.84 Å². The van der Waals surface area contributed by atoms with E-state index in [4.69, 9.17) is 16.3 Å². The third-order valence-electron chi connectivity index (χ3n) is 1.60. The standard InChI is InChI=1S/C9H17NO2/c1-3-4-5-10(6-8-11)7-9-12-2/h1,11H,4-9H2,2H3. The van der Waals surface area contributed by atoms with Crippen molar-refractivity contribution in [1.29, 1.82) is 0 Å². The number of rotatable bonds is 7. The lowest BCUT2D eigenvalue weighted by Crippen LogP contribution is -2.31. The first-order valence-electron chi connectivity index (χ1n) is 4.10. The minimum absolute atomic E-state index is 0.175. The minimum Gasteiger partial charge on any atom is -0.395 e. The van der Waals surface area contributed by atoms with Gasteiger partial charge in [-0.1, -0.05) is 0 Å². The van der Waals surface area contributed by atoms with Gasteiger partial charge in [0.15, 0.2) is 0 Å². The van der Waals surface area contributed by atoms with E-state index in [0.717, 1.165) is 19.5 Å². The van der Waals surface area contributed by atoms with Gasteiger partial charge in [0.25, 0.3) is 0 Å². The Labute approximate surface area is 74.3 Å². The number of hydrogen-bond acceptors (Lipinski definition) is 3. The van der Waals surface area contributed by atoms with Crippen LogP contribution in [0.1, 0.15) is 6.42 Å². The highest BCUT2D eigenvalue weighted by Gasteiger charge is 2.01. The quantitative estimate of drug-likeness (QED) is 0.545. The van der Waals surface area contributed by atoms with E-state index in [0.29, 0.717) is 13.2 Å². The van der Waals surface area contributed by atoms with Crippen molar-refractivity contribution in [3.8, 4) is 12.3 Å². The highest BCUT2D eigenvalue weighted by Crippen LogP contribution is 1.90. The van der Waals surface area contributed by atoms with Gasteiger partial charge in [0.2, 0.25) is 0 Å². The van der Waals surface area contributed by atoms with Gasteiger partial charge in [-0.25, -0.2) is 0 Å². The second kappa shape index (κ2) is 8.54. The monoisotopic (exact) mass is 171 g/mol. The van der Waals surface area contributed by atoms with Crippen molar-refractivity contribution in [1.82, 2.24) is 4.90 Å². The Bertz CT molecular complexity index is 131. The van der Waals surface area contributed by atoms with E-state index in [1.54, 1.807) is 7.11 Å². The van der Waals surface area contributed by atoms with Gasteiger partial charge in [0, 0.05) is 33.2 Å². The van der Waals surface area contributed by atoms with Crippen molar-refractivity contribution in [2.75, 3.05) is 40.0 Å². The number of aliphatic hydroxyl groups excluding tert-OH is 1. The van der Waals surface area contributed by atoms with Crippen molar-refractivity contribution in [2.45, 2.75) is 6.42 Å². The van der Waals surface area contributed by atoms with Crippen molar-refractivity contribution in [3.63, 3.8) is 0 Å². The van der Waals surface area contributed by atoms with Gasteiger partial charge in [0.05, 0.1) is 13.2 Å². The molecule has 0 saturated heterocycles. The molecule has 0 radical (unpaired) electrons. The maximum Gasteiger partial charge on any atom is 0.0589 e. The molecule has 0 saturated carbocycles. The molecule has 1 N–H and O–H groups in total. The minimum atomic E-state index is 0.175. The molecule has 70 valence electrons. The van der Waals surface area contributed by atoms with Crippen LogP contribution in [-0.4, -0.2) is 50.0 Å². The largest absolute Gasteiger partial charge is 0.395 e. The fraction of sp³-hybridized carbons (Fsp3) is 0.778. The van der Waals surface area contributed by atoms with E-state index in [-0.39, 0.29) is 6.61 Å². The molecule has 0 fully saturated rings. The molecule has 0 bridgehead atoms. The van der Waals surface area contributed by atoms with Crippen LogP contribution in [0.25, 0.3) is 0 Å². The molecule has 0 unspecified atom stereocenters. The molecule has 0 atom stereocenters. The van der Waals surface area contributed by atoms with Crippen molar-refractivity contribution in [3.05, 3.63) is 0 Å². The molecule has 0 heterocycles. The molecular weight excluding hydrogens is 154 g/mol. The predicted molar refractivity (Wildman–Crippen MR) is 48.9 cm³/mol. The number of aliphatic hydroxyl groups is 1. The Hall–Kier alpha value is -0.560. The third kappa shape index (κ3) is 6.17. The normalized spacial score (nSPS) is 10.2. The zero-order valence-corrected chi connectivity index (χ0v) is 7.62. The van der Waals surface area contributed by atoms with Crippen LogP contribution in [0.5, 0.6) is 0 Å². The second-order valence-corrected chi connectivity index (χ2v) is 2.51. The number of ether oxygens (including phenoxy) is 1. The van der Waals surface area contributed by atoms with Crippen LogP contribution >= 0.6 is 0 Å². The number of terminal acetylenes is 1. The summed E-state index contributed by atoms with van der Waals surface area (Å²) < 4.78 is 4.92. The topological polar surface area (TPSA) is 32.7 Å². The van der Waals surface area contributed by atoms with Gasteiger partial charge in [-0.2, -0.15) is 0 Å². The number of nitrogens with zero attached hydrogens (tertiary/aromatic N) is 1. The lowest BCUT2D eigenvalue weighted by Gasteiger charge is -2.19. The molecule has 0 rings (SSSR count). The van der Waals surface area contributed by atoms with E-state index in [9.17, 15) is 0 Å². The smallest absolute Gasteiger partial charge is 0.0589 e. The summed E-state index contributed by atoms with van der Waals surface area (Å²) in [7, 11) is 1.66. The third-order valence-corrected chi connectivity index (χ3v) is 1.60. The molecule has 0 aliphatic rings. The first-order chi connectivity index (χ1) is 5.85. The Morgan fingerprint density at radius 3 is 2.67 bits per heavy atom. The molecular formula is C9H17NO2. The van der Waals surface area contributed by atoms with Crippen LogP contribution in [0.3, 0.4) is 0 Å². The van der Waals surface area contributed by atoms with Crippen LogP contribution in [0.2, 0.25) is 0 Å². The average molecular weight is 171 g/mol. The van der Waals surface area contributed by atoms with E-state index < -0.39 is 0 Å². The molecule has 12 heavy (non-hydrogen) atoms. The van der Waals surface area contributed by atoms with Crippen LogP contribution in [0, 0.1) is 12.3 Å². The summed E-state index contributed by atoms with van der Waals surface area (Å²) >= 11 is 0. The molecule has 0 aromatic rings. The lowest BCUT2D eigenvalue weighted by atomic mass is 10.4. The molecule has 0 spiro atoms. The summed E-state index contributed by atoms with van der Waals surface area (Å²) in [5.74, 6) is 2.57. The summed E-state index contributed by atoms with van der Waals surface area (Å²) in [5, 5.41) is 8.70. The van der Waals surface area contributed by atoms with Gasteiger partial charge in [-0.3, -0.25) is 4.90 Å². The van der Waals surface area contributed by atoms with Crippen LogP contribution in [-0.2, 0) is 4.74 Å². The Morgan fingerprint density at radius 1 is 1.42 bits per heavy atom. The van der Waals surface area contributed by atoms with Crippen LogP contribution < -0.4 is 0 Å². The zero-order valence-electron chi connectivity index (χ0n) is 7.62. The summed E-state index contributed by atoms with van der Waals surface area (Å²) in [4.78, 5) is 2.09. The van der Waals surface area contributed by atoms with Crippen molar-refractivity contribution < 1.29 is 9.84 Å². The SMILES string of the molecule is C#CCCN(CCO)CCOC. The molecule has 3 heteroatoms. The summed E-state index contributed by atoms with van der Waals surface area (Å²) in [6, 6.07) is 0. The molecule has 0 aromatic carbocycles. The van der Waals surface area contributed by atoms with Crippen molar-refractivity contribution in [2.24, 2.45) is 0 Å². The predicted octanol–water partition coefficient (Wildman–Crippen LogP) is -0.0496. The molecule has 0 aliphatic carbocycles. The second-order valence-electron chi connectivity index (χ2n) is 2.51. The zero-order chi connectivity index (χ0) is 9.23. The molecule has 0 aromatic heterocycles. The van der Waals surface area contributed by atoms with Crippen molar-refractivity contribution >= 4 is 0 Å². The Morgan fingerprint density at radius 2 is 2.17 bits per heavy atom. The Balaban J connectivity index is 3.48. The van der Waals surface area contributed by atoms with Gasteiger partial charge in [-0.15, -0.1) is 12.3 Å². The first kappa shape index (κ1) is 11.4. The first-order valence-corrected chi connectivity index (χ1v) is 4.10. The maximum atomic E-state index is 8.70. The Kier molecular flexibility index (Phi) is 8.14. The summed E-state index contributed by atoms with van der Waals surface area (Å²) in [6.07, 6.45) is 5.86. The highest BCUT2D eigenvalue weighted by atomic mass is 16.5. The molecule has 0 aliphatic heterocycles. The van der Waals surface area contributed by atoms with E-state index >= 15 is 0 Å². The molecule has 0 amide bonds. The summed E-state index contributed by atoms with van der Waals surface area (Å²) in [6.45, 7) is 3.20. The maximum absolute atomic E-state index is 8.70. The van der Waals surface area contributed by atoms with Gasteiger partial charge in [-0.05, 0) is 0 Å². The fourth-order valence-electron chi connectivity index (χ4n) is 0.920. The van der Waals surface area contributed by atoms with Crippen LogP contribution in [0.4, 0.5) is 0 Å². The highest BCUT2D eigenvalue weighted by molar-refractivity contribution is 4.84. The van der Waals surface area contributed by atoms with Crippen LogP contribution in [0.15, 0.2) is 0 Å². The fourth-order valence-corrected chi connectivity index (χ4v) is 0.920. The van der Waals surface area contributed by atoms with E-state index in [2.05, 4.69) is 10.8 Å². The van der Waals surface area contributed by atoms with Gasteiger partial charge >= 0.3 is 0 Å². The number of methoxy groups -OCH3 is 1. The van der Waals surface area contributed by atoms with Gasteiger partial charge in [0.1, 0.15) is 0 Å². The van der Waals surface area contributed by atoms with E-state index in [1.165, 1.54) is 0 Å². The summed E-state index contributed by atoms with van der Waals surface area (Å²) in [5.41, 5.74) is 0.